The maximum atomic E-state index is 2.76. The second kappa shape index (κ2) is 8.63. The van der Waals surface area contributed by atoms with Crippen molar-refractivity contribution in [1.29, 1.82) is 0 Å². The van der Waals surface area contributed by atoms with Crippen molar-refractivity contribution in [2.24, 2.45) is 45.8 Å². The first-order valence-electron chi connectivity index (χ1n) is 13.4. The molecule has 0 bridgehead atoms. The summed E-state index contributed by atoms with van der Waals surface area (Å²) in [7, 11) is 0. The van der Waals surface area contributed by atoms with Crippen molar-refractivity contribution in [2.75, 3.05) is 0 Å². The quantitative estimate of drug-likeness (QED) is 0.452. The smallest absolute Gasteiger partial charge is 0.0241 e. The SMILES string of the molecule is CC.CCCC1CCC2(C)C3CCC4(C)C(CC)CCCC4C3CCC2(C)C1. The molecule has 0 aromatic rings. The molecule has 8 unspecified atom stereocenters. The molecule has 0 N–H and O–H groups in total. The van der Waals surface area contributed by atoms with E-state index in [1.165, 1.54) is 51.4 Å². The summed E-state index contributed by atoms with van der Waals surface area (Å²) in [5.74, 6) is 5.20. The second-order valence-electron chi connectivity index (χ2n) is 11.9. The molecule has 0 aromatic heterocycles. The molecule has 0 heterocycles. The zero-order chi connectivity index (χ0) is 20.6. The van der Waals surface area contributed by atoms with E-state index in [1.807, 2.05) is 13.8 Å². The number of hydrogen-bond donors (Lipinski definition) is 0. The summed E-state index contributed by atoms with van der Waals surface area (Å²) < 4.78 is 0. The third kappa shape index (κ3) is 3.41. The van der Waals surface area contributed by atoms with Gasteiger partial charge in [-0.05, 0) is 104 Å². The molecular weight excluding hydrogens is 336 g/mol. The average Bonchev–Trinajstić information content (AvgIpc) is 2.69. The van der Waals surface area contributed by atoms with Crippen LogP contribution in [0.25, 0.3) is 0 Å². The standard InChI is InChI=1S/C26H46.C2H6/c1-6-9-19-12-17-26(5)23-14-16-25(4)20(7-2)10-8-11-22(25)21(23)13-15-24(26,3)18-19;1-2/h19-23H,6-18H2,1-5H3;1-2H3. The Bertz CT molecular complexity index is 508. The van der Waals surface area contributed by atoms with Crippen LogP contribution in [0.2, 0.25) is 0 Å². The maximum Gasteiger partial charge on any atom is -0.0241 e. The summed E-state index contributed by atoms with van der Waals surface area (Å²) >= 11 is 0. The zero-order valence-corrected chi connectivity index (χ0v) is 20.6. The maximum absolute atomic E-state index is 2.76. The van der Waals surface area contributed by atoms with E-state index in [2.05, 4.69) is 34.6 Å². The van der Waals surface area contributed by atoms with Gasteiger partial charge in [0.15, 0.2) is 0 Å². The normalized spacial score (nSPS) is 50.5. The highest BCUT2D eigenvalue weighted by Crippen LogP contribution is 2.70. The van der Waals surface area contributed by atoms with Crippen LogP contribution >= 0.6 is 0 Å². The van der Waals surface area contributed by atoms with Crippen LogP contribution in [-0.4, -0.2) is 0 Å². The highest BCUT2D eigenvalue weighted by molar-refractivity contribution is 5.11. The topological polar surface area (TPSA) is 0 Å². The Morgan fingerprint density at radius 2 is 1.54 bits per heavy atom. The van der Waals surface area contributed by atoms with E-state index in [0.717, 1.165) is 29.6 Å². The Labute approximate surface area is 178 Å². The van der Waals surface area contributed by atoms with Gasteiger partial charge >= 0.3 is 0 Å². The third-order valence-electron chi connectivity index (χ3n) is 11.1. The Morgan fingerprint density at radius 3 is 2.21 bits per heavy atom. The van der Waals surface area contributed by atoms with Gasteiger partial charge in [0.25, 0.3) is 0 Å². The molecule has 164 valence electrons. The van der Waals surface area contributed by atoms with Crippen molar-refractivity contribution in [2.45, 2.75) is 132 Å². The van der Waals surface area contributed by atoms with Crippen LogP contribution in [0, 0.1) is 45.8 Å². The van der Waals surface area contributed by atoms with E-state index < -0.39 is 0 Å². The van der Waals surface area contributed by atoms with Gasteiger partial charge in [-0.25, -0.2) is 0 Å². The summed E-state index contributed by atoms with van der Waals surface area (Å²) in [5.41, 5.74) is 1.96. The van der Waals surface area contributed by atoms with Gasteiger partial charge in [-0.2, -0.15) is 0 Å². The first-order chi connectivity index (χ1) is 13.4. The van der Waals surface area contributed by atoms with Crippen LogP contribution in [0.15, 0.2) is 0 Å². The van der Waals surface area contributed by atoms with Gasteiger partial charge in [0.1, 0.15) is 0 Å². The molecule has 0 nitrogen and oxygen atoms in total. The van der Waals surface area contributed by atoms with Crippen LogP contribution in [0.5, 0.6) is 0 Å². The molecule has 4 rings (SSSR count). The highest BCUT2D eigenvalue weighted by Gasteiger charge is 2.62. The van der Waals surface area contributed by atoms with Gasteiger partial charge in [0.2, 0.25) is 0 Å². The summed E-state index contributed by atoms with van der Waals surface area (Å²) in [6.07, 6.45) is 19.7. The Hall–Kier alpha value is 0. The van der Waals surface area contributed by atoms with Crippen LogP contribution in [0.3, 0.4) is 0 Å². The highest BCUT2D eigenvalue weighted by atomic mass is 14.7. The molecule has 0 radical (unpaired) electrons. The molecule has 4 fully saturated rings. The first-order valence-corrected chi connectivity index (χ1v) is 13.4. The first kappa shape index (κ1) is 22.7. The van der Waals surface area contributed by atoms with Gasteiger partial charge in [0, 0.05) is 0 Å². The fourth-order valence-corrected chi connectivity index (χ4v) is 9.40. The average molecular weight is 389 g/mol. The lowest BCUT2D eigenvalue weighted by Gasteiger charge is -2.67. The van der Waals surface area contributed by atoms with Crippen LogP contribution in [0.4, 0.5) is 0 Å². The predicted molar refractivity (Wildman–Crippen MR) is 124 cm³/mol. The largest absolute Gasteiger partial charge is 0.0683 e. The van der Waals surface area contributed by atoms with E-state index >= 15 is 0 Å². The Morgan fingerprint density at radius 1 is 0.786 bits per heavy atom. The molecule has 28 heavy (non-hydrogen) atoms. The summed E-state index contributed by atoms with van der Waals surface area (Å²) in [5, 5.41) is 0. The second-order valence-corrected chi connectivity index (χ2v) is 11.9. The molecule has 0 amide bonds. The summed E-state index contributed by atoms with van der Waals surface area (Å²) in [6, 6.07) is 0. The third-order valence-corrected chi connectivity index (χ3v) is 11.1. The van der Waals surface area contributed by atoms with E-state index in [1.54, 1.807) is 32.1 Å². The van der Waals surface area contributed by atoms with Gasteiger partial charge in [-0.3, -0.25) is 0 Å². The van der Waals surface area contributed by atoms with Crippen molar-refractivity contribution in [1.82, 2.24) is 0 Å². The monoisotopic (exact) mass is 388 g/mol. The molecule has 0 spiro atoms. The van der Waals surface area contributed by atoms with Crippen LogP contribution in [0.1, 0.15) is 132 Å². The summed E-state index contributed by atoms with van der Waals surface area (Å²) in [4.78, 5) is 0. The molecule has 4 aliphatic rings. The predicted octanol–water partition coefficient (Wildman–Crippen LogP) is 9.28. The molecule has 8 atom stereocenters. The molecular formula is C28H52. The lowest BCUT2D eigenvalue weighted by molar-refractivity contribution is -0.179. The zero-order valence-electron chi connectivity index (χ0n) is 20.6. The van der Waals surface area contributed by atoms with Crippen LogP contribution in [-0.2, 0) is 0 Å². The van der Waals surface area contributed by atoms with Crippen molar-refractivity contribution in [3.8, 4) is 0 Å². The van der Waals surface area contributed by atoms with E-state index in [-0.39, 0.29) is 0 Å². The van der Waals surface area contributed by atoms with Crippen molar-refractivity contribution >= 4 is 0 Å². The van der Waals surface area contributed by atoms with Gasteiger partial charge < -0.3 is 0 Å². The fraction of sp³-hybridized carbons (Fsp3) is 1.00. The Kier molecular flexibility index (Phi) is 6.99. The minimum Gasteiger partial charge on any atom is -0.0683 e. The van der Waals surface area contributed by atoms with E-state index in [4.69, 9.17) is 0 Å². The molecule has 4 aliphatic carbocycles. The molecule has 0 saturated heterocycles. The minimum absolute atomic E-state index is 0.638. The number of fused-ring (bicyclic) bond motifs is 5. The Balaban J connectivity index is 0.00000109. The lowest BCUT2D eigenvalue weighted by Crippen LogP contribution is -2.59. The van der Waals surface area contributed by atoms with E-state index in [9.17, 15) is 0 Å². The molecule has 0 aliphatic heterocycles. The van der Waals surface area contributed by atoms with Gasteiger partial charge in [0.05, 0.1) is 0 Å². The van der Waals surface area contributed by atoms with Crippen molar-refractivity contribution in [3.63, 3.8) is 0 Å². The number of hydrogen-bond acceptors (Lipinski definition) is 0. The molecule has 0 aromatic carbocycles. The minimum atomic E-state index is 0.638. The molecule has 4 saturated carbocycles. The number of rotatable bonds is 3. The lowest BCUT2D eigenvalue weighted by atomic mass is 9.38. The van der Waals surface area contributed by atoms with Crippen LogP contribution < -0.4 is 0 Å². The van der Waals surface area contributed by atoms with Crippen molar-refractivity contribution < 1.29 is 0 Å². The summed E-state index contributed by atoms with van der Waals surface area (Å²) in [6.45, 7) is 17.1. The van der Waals surface area contributed by atoms with Gasteiger partial charge in [-0.1, -0.05) is 74.1 Å². The van der Waals surface area contributed by atoms with Crippen molar-refractivity contribution in [3.05, 3.63) is 0 Å². The van der Waals surface area contributed by atoms with Gasteiger partial charge in [-0.15, -0.1) is 0 Å². The fourth-order valence-electron chi connectivity index (χ4n) is 9.40. The van der Waals surface area contributed by atoms with E-state index in [0.29, 0.717) is 16.2 Å². The molecule has 0 heteroatoms.